The molecule has 114 valence electrons. The summed E-state index contributed by atoms with van der Waals surface area (Å²) in [6, 6.07) is 9.45. The van der Waals surface area contributed by atoms with Gasteiger partial charge in [-0.15, -0.1) is 0 Å². The molecule has 1 rings (SSSR count). The number of hydrogen-bond acceptors (Lipinski definition) is 2. The van der Waals surface area contributed by atoms with Gasteiger partial charge in [-0.1, -0.05) is 57.9 Å². The monoisotopic (exact) mass is 276 g/mol. The summed E-state index contributed by atoms with van der Waals surface area (Å²) in [6.07, 6.45) is 3.87. The van der Waals surface area contributed by atoms with Crippen molar-refractivity contribution in [2.75, 3.05) is 13.1 Å². The molecule has 0 aromatic heterocycles. The molecule has 0 saturated carbocycles. The summed E-state index contributed by atoms with van der Waals surface area (Å²) < 4.78 is 0. The van der Waals surface area contributed by atoms with Gasteiger partial charge in [-0.2, -0.15) is 0 Å². The summed E-state index contributed by atoms with van der Waals surface area (Å²) in [5.74, 6) is 0. The van der Waals surface area contributed by atoms with Gasteiger partial charge in [0.1, 0.15) is 0 Å². The van der Waals surface area contributed by atoms with E-state index in [0.717, 1.165) is 26.2 Å². The number of unbranched alkanes of at least 4 members (excludes halogenated alkanes) is 1. The zero-order valence-corrected chi connectivity index (χ0v) is 13.8. The molecule has 0 spiro atoms. The fourth-order valence-corrected chi connectivity index (χ4v) is 2.47. The van der Waals surface area contributed by atoms with E-state index in [2.05, 4.69) is 62.2 Å². The second-order valence-electron chi connectivity index (χ2n) is 5.65. The van der Waals surface area contributed by atoms with E-state index < -0.39 is 0 Å². The fourth-order valence-electron chi connectivity index (χ4n) is 2.47. The van der Waals surface area contributed by atoms with Gasteiger partial charge in [-0.25, -0.2) is 0 Å². The van der Waals surface area contributed by atoms with Crippen LogP contribution in [0, 0.1) is 0 Å². The Labute approximate surface area is 125 Å². The highest BCUT2D eigenvalue weighted by atomic mass is 15.1. The van der Waals surface area contributed by atoms with Gasteiger partial charge in [0.25, 0.3) is 0 Å². The molecule has 0 aliphatic rings. The van der Waals surface area contributed by atoms with Crippen LogP contribution in [0.4, 0.5) is 0 Å². The van der Waals surface area contributed by atoms with Gasteiger partial charge in [0.2, 0.25) is 0 Å². The first kappa shape index (κ1) is 17.2. The molecule has 20 heavy (non-hydrogen) atoms. The Hall–Kier alpha value is -0.860. The number of benzene rings is 1. The summed E-state index contributed by atoms with van der Waals surface area (Å²) in [5.41, 5.74) is 2.91. The molecule has 2 nitrogen and oxygen atoms in total. The summed E-state index contributed by atoms with van der Waals surface area (Å²) >= 11 is 0. The Kier molecular flexibility index (Phi) is 8.56. The van der Waals surface area contributed by atoms with E-state index in [1.807, 2.05) is 0 Å². The zero-order chi connectivity index (χ0) is 14.8. The second kappa shape index (κ2) is 9.95. The van der Waals surface area contributed by atoms with E-state index in [-0.39, 0.29) is 0 Å². The molecule has 1 aromatic rings. The molecule has 0 fully saturated rings. The molecule has 1 N–H and O–H groups in total. The third-order valence-corrected chi connectivity index (χ3v) is 4.04. The molecule has 0 aliphatic heterocycles. The molecule has 0 amide bonds. The van der Waals surface area contributed by atoms with E-state index in [4.69, 9.17) is 0 Å². The van der Waals surface area contributed by atoms with Crippen molar-refractivity contribution in [3.05, 3.63) is 35.4 Å². The van der Waals surface area contributed by atoms with Crippen LogP contribution in [-0.2, 0) is 13.1 Å². The van der Waals surface area contributed by atoms with Gasteiger partial charge in [0.15, 0.2) is 0 Å². The van der Waals surface area contributed by atoms with E-state index in [1.165, 1.54) is 30.4 Å². The van der Waals surface area contributed by atoms with E-state index in [1.54, 1.807) is 0 Å². The standard InChI is InChI=1S/C18H32N2/c1-5-8-11-16(4)19-14-17-12-9-10-13-18(17)15-20(6-2)7-3/h9-10,12-13,16,19H,5-8,11,14-15H2,1-4H3. The van der Waals surface area contributed by atoms with Gasteiger partial charge >= 0.3 is 0 Å². The zero-order valence-electron chi connectivity index (χ0n) is 13.8. The van der Waals surface area contributed by atoms with Crippen molar-refractivity contribution in [1.29, 1.82) is 0 Å². The lowest BCUT2D eigenvalue weighted by Gasteiger charge is -2.21. The van der Waals surface area contributed by atoms with Gasteiger partial charge in [-0.3, -0.25) is 4.90 Å². The molecule has 1 unspecified atom stereocenters. The third-order valence-electron chi connectivity index (χ3n) is 4.04. The first-order chi connectivity index (χ1) is 9.71. The van der Waals surface area contributed by atoms with Crippen LogP contribution < -0.4 is 5.32 Å². The van der Waals surface area contributed by atoms with Crippen molar-refractivity contribution in [1.82, 2.24) is 10.2 Å². The van der Waals surface area contributed by atoms with Crippen molar-refractivity contribution in [3.8, 4) is 0 Å². The van der Waals surface area contributed by atoms with Crippen molar-refractivity contribution in [2.24, 2.45) is 0 Å². The first-order valence-corrected chi connectivity index (χ1v) is 8.23. The first-order valence-electron chi connectivity index (χ1n) is 8.23. The molecular formula is C18H32N2. The Bertz CT molecular complexity index is 358. The van der Waals surface area contributed by atoms with Crippen molar-refractivity contribution >= 4 is 0 Å². The van der Waals surface area contributed by atoms with Gasteiger partial charge < -0.3 is 5.32 Å². The topological polar surface area (TPSA) is 15.3 Å². The maximum Gasteiger partial charge on any atom is 0.0236 e. The van der Waals surface area contributed by atoms with Crippen LogP contribution >= 0.6 is 0 Å². The Morgan fingerprint density at radius 3 is 2.30 bits per heavy atom. The summed E-state index contributed by atoms with van der Waals surface area (Å²) in [4.78, 5) is 2.47. The summed E-state index contributed by atoms with van der Waals surface area (Å²) in [7, 11) is 0. The van der Waals surface area contributed by atoms with Crippen LogP contribution in [-0.4, -0.2) is 24.0 Å². The predicted octanol–water partition coefficient (Wildman–Crippen LogP) is 4.20. The van der Waals surface area contributed by atoms with Crippen molar-refractivity contribution in [2.45, 2.75) is 66.1 Å². The number of rotatable bonds is 10. The fraction of sp³-hybridized carbons (Fsp3) is 0.667. The second-order valence-corrected chi connectivity index (χ2v) is 5.65. The smallest absolute Gasteiger partial charge is 0.0236 e. The highest BCUT2D eigenvalue weighted by Crippen LogP contribution is 2.12. The molecule has 0 saturated heterocycles. The van der Waals surface area contributed by atoms with Crippen LogP contribution in [0.25, 0.3) is 0 Å². The minimum absolute atomic E-state index is 0.608. The third kappa shape index (κ3) is 6.06. The molecule has 0 bridgehead atoms. The average molecular weight is 276 g/mol. The Morgan fingerprint density at radius 1 is 1.05 bits per heavy atom. The van der Waals surface area contributed by atoms with E-state index in [0.29, 0.717) is 6.04 Å². The van der Waals surface area contributed by atoms with Crippen LogP contribution in [0.2, 0.25) is 0 Å². The molecule has 1 atom stereocenters. The quantitative estimate of drug-likeness (QED) is 0.689. The van der Waals surface area contributed by atoms with Gasteiger partial charge in [0.05, 0.1) is 0 Å². The summed E-state index contributed by atoms with van der Waals surface area (Å²) in [6.45, 7) is 13.3. The van der Waals surface area contributed by atoms with Gasteiger partial charge in [-0.05, 0) is 37.6 Å². The van der Waals surface area contributed by atoms with Crippen LogP contribution in [0.15, 0.2) is 24.3 Å². The van der Waals surface area contributed by atoms with Crippen LogP contribution in [0.1, 0.15) is 58.1 Å². The van der Waals surface area contributed by atoms with Crippen molar-refractivity contribution < 1.29 is 0 Å². The van der Waals surface area contributed by atoms with Crippen LogP contribution in [0.5, 0.6) is 0 Å². The normalized spacial score (nSPS) is 12.8. The molecule has 0 aliphatic carbocycles. The summed E-state index contributed by atoms with van der Waals surface area (Å²) in [5, 5.41) is 3.66. The van der Waals surface area contributed by atoms with Crippen molar-refractivity contribution in [3.63, 3.8) is 0 Å². The van der Waals surface area contributed by atoms with Crippen LogP contribution in [0.3, 0.4) is 0 Å². The molecule has 0 radical (unpaired) electrons. The molecular weight excluding hydrogens is 244 g/mol. The Morgan fingerprint density at radius 2 is 1.70 bits per heavy atom. The average Bonchev–Trinajstić information content (AvgIpc) is 2.49. The highest BCUT2D eigenvalue weighted by Gasteiger charge is 2.07. The molecule has 0 heterocycles. The maximum atomic E-state index is 3.66. The largest absolute Gasteiger partial charge is 0.310 e. The maximum absolute atomic E-state index is 3.66. The number of nitrogens with zero attached hydrogens (tertiary/aromatic N) is 1. The van der Waals surface area contributed by atoms with E-state index in [9.17, 15) is 0 Å². The number of nitrogens with one attached hydrogen (secondary N) is 1. The highest BCUT2D eigenvalue weighted by molar-refractivity contribution is 5.27. The lowest BCUT2D eigenvalue weighted by Crippen LogP contribution is -2.27. The van der Waals surface area contributed by atoms with E-state index >= 15 is 0 Å². The Balaban J connectivity index is 2.56. The minimum atomic E-state index is 0.608. The van der Waals surface area contributed by atoms with Gasteiger partial charge in [0, 0.05) is 19.1 Å². The number of hydrogen-bond donors (Lipinski definition) is 1. The predicted molar refractivity (Wildman–Crippen MR) is 88.9 cm³/mol. The lowest BCUT2D eigenvalue weighted by atomic mass is 10.1. The SMILES string of the molecule is CCCCC(C)NCc1ccccc1CN(CC)CC. The minimum Gasteiger partial charge on any atom is -0.310 e. The molecule has 1 aromatic carbocycles. The lowest BCUT2D eigenvalue weighted by molar-refractivity contribution is 0.294. The molecule has 2 heteroatoms.